The fourth-order valence-electron chi connectivity index (χ4n) is 2.71. The number of carbonyl (C=O) groups is 2. The second-order valence-corrected chi connectivity index (χ2v) is 5.77. The minimum Gasteiger partial charge on any atom is -0.483 e. The molecule has 3 rings (SSSR count). The highest BCUT2D eigenvalue weighted by atomic mass is 16.5. The van der Waals surface area contributed by atoms with Crippen molar-refractivity contribution in [2.75, 3.05) is 25.0 Å². The number of benzene rings is 1. The van der Waals surface area contributed by atoms with Crippen molar-refractivity contribution in [3.8, 4) is 5.75 Å². The van der Waals surface area contributed by atoms with Crippen molar-refractivity contribution in [3.05, 3.63) is 29.8 Å². The molecule has 0 aliphatic carbocycles. The number of nitrogens with zero attached hydrogens (tertiary/aromatic N) is 4. The number of likely N-dealkylation sites (tertiary alicyclic amines) is 1. The van der Waals surface area contributed by atoms with Crippen molar-refractivity contribution in [1.82, 2.24) is 25.5 Å². The van der Waals surface area contributed by atoms with E-state index in [-0.39, 0.29) is 18.5 Å². The van der Waals surface area contributed by atoms with Crippen LogP contribution in [0.25, 0.3) is 0 Å². The first-order valence-electron chi connectivity index (χ1n) is 8.28. The van der Waals surface area contributed by atoms with Crippen LogP contribution < -0.4 is 10.1 Å². The lowest BCUT2D eigenvalue weighted by Gasteiger charge is -2.20. The number of amides is 2. The van der Waals surface area contributed by atoms with Gasteiger partial charge in [0.25, 0.3) is 17.8 Å². The van der Waals surface area contributed by atoms with E-state index in [4.69, 9.17) is 4.74 Å². The van der Waals surface area contributed by atoms with Gasteiger partial charge in [-0.25, -0.2) is 0 Å². The van der Waals surface area contributed by atoms with Crippen molar-refractivity contribution in [3.63, 3.8) is 0 Å². The minimum atomic E-state index is -0.431. The van der Waals surface area contributed by atoms with Crippen molar-refractivity contribution in [2.45, 2.75) is 25.7 Å². The molecule has 0 spiro atoms. The molecule has 132 valence electrons. The maximum atomic E-state index is 12.3. The minimum absolute atomic E-state index is 0.0599. The molecule has 0 unspecified atom stereocenters. The van der Waals surface area contributed by atoms with E-state index in [1.165, 1.54) is 0 Å². The number of tetrazole rings is 1. The molecule has 1 aromatic carbocycles. The van der Waals surface area contributed by atoms with Crippen LogP contribution in [0.3, 0.4) is 0 Å². The summed E-state index contributed by atoms with van der Waals surface area (Å²) in [5.41, 5.74) is 0.302. The Morgan fingerprint density at radius 2 is 1.92 bits per heavy atom. The zero-order valence-electron chi connectivity index (χ0n) is 13.8. The highest BCUT2D eigenvalue weighted by molar-refractivity contribution is 6.05. The third kappa shape index (κ3) is 4.52. The lowest BCUT2D eigenvalue weighted by atomic mass is 10.2. The van der Waals surface area contributed by atoms with E-state index in [0.717, 1.165) is 38.8 Å². The molecule has 2 amide bonds. The van der Waals surface area contributed by atoms with Crippen LogP contribution in [-0.4, -0.2) is 57.0 Å². The largest absolute Gasteiger partial charge is 0.483 e. The molecule has 2 heterocycles. The van der Waals surface area contributed by atoms with Gasteiger partial charge in [-0.05, 0) is 30.2 Å². The molecular formula is C16H20N6O3. The zero-order chi connectivity index (χ0) is 17.5. The van der Waals surface area contributed by atoms with Crippen LogP contribution in [0.4, 0.5) is 5.95 Å². The topological polar surface area (TPSA) is 113 Å². The Kier molecular flexibility index (Phi) is 5.55. The summed E-state index contributed by atoms with van der Waals surface area (Å²) in [6.45, 7) is 1.44. The van der Waals surface area contributed by atoms with Crippen LogP contribution in [0.1, 0.15) is 36.0 Å². The Labute approximate surface area is 144 Å². The van der Waals surface area contributed by atoms with Gasteiger partial charge < -0.3 is 9.64 Å². The van der Waals surface area contributed by atoms with Crippen LogP contribution in [0.2, 0.25) is 0 Å². The SMILES string of the molecule is O=C(Nc1nn[nH]n1)c1ccccc1OCC(=O)N1CCCCCC1. The van der Waals surface area contributed by atoms with Crippen LogP contribution in [0.15, 0.2) is 24.3 Å². The number of nitrogens with one attached hydrogen (secondary N) is 2. The molecule has 1 aliphatic rings. The van der Waals surface area contributed by atoms with Gasteiger partial charge in [0.15, 0.2) is 6.61 Å². The monoisotopic (exact) mass is 344 g/mol. The Morgan fingerprint density at radius 3 is 2.64 bits per heavy atom. The number of hydrogen-bond donors (Lipinski definition) is 2. The molecule has 1 aromatic heterocycles. The van der Waals surface area contributed by atoms with Crippen LogP contribution in [0.5, 0.6) is 5.75 Å². The summed E-state index contributed by atoms with van der Waals surface area (Å²) in [6, 6.07) is 6.73. The summed E-state index contributed by atoms with van der Waals surface area (Å²) < 4.78 is 5.62. The van der Waals surface area contributed by atoms with E-state index in [1.807, 2.05) is 4.90 Å². The Morgan fingerprint density at radius 1 is 1.16 bits per heavy atom. The van der Waals surface area contributed by atoms with Crippen molar-refractivity contribution >= 4 is 17.8 Å². The highest BCUT2D eigenvalue weighted by Crippen LogP contribution is 2.19. The first kappa shape index (κ1) is 16.9. The normalized spacial score (nSPS) is 14.6. The molecule has 1 saturated heterocycles. The Hall–Kier alpha value is -2.97. The lowest BCUT2D eigenvalue weighted by molar-refractivity contribution is -0.133. The smallest absolute Gasteiger partial charge is 0.270 e. The van der Waals surface area contributed by atoms with E-state index in [1.54, 1.807) is 24.3 Å². The van der Waals surface area contributed by atoms with Gasteiger partial charge in [-0.15, -0.1) is 5.10 Å². The highest BCUT2D eigenvalue weighted by Gasteiger charge is 2.18. The van der Waals surface area contributed by atoms with Gasteiger partial charge in [-0.3, -0.25) is 14.9 Å². The third-order valence-corrected chi connectivity index (χ3v) is 4.01. The first-order valence-corrected chi connectivity index (χ1v) is 8.28. The summed E-state index contributed by atoms with van der Waals surface area (Å²) in [7, 11) is 0. The molecule has 25 heavy (non-hydrogen) atoms. The van der Waals surface area contributed by atoms with E-state index in [0.29, 0.717) is 11.3 Å². The van der Waals surface area contributed by atoms with E-state index in [2.05, 4.69) is 25.9 Å². The molecule has 1 fully saturated rings. The van der Waals surface area contributed by atoms with Gasteiger partial charge >= 0.3 is 0 Å². The van der Waals surface area contributed by atoms with Gasteiger partial charge in [0, 0.05) is 13.1 Å². The van der Waals surface area contributed by atoms with Gasteiger partial charge in [-0.1, -0.05) is 30.1 Å². The predicted molar refractivity (Wildman–Crippen MR) is 89.1 cm³/mol. The average molecular weight is 344 g/mol. The maximum absolute atomic E-state index is 12.3. The number of carbonyl (C=O) groups excluding carboxylic acids is 2. The predicted octanol–water partition coefficient (Wildman–Crippen LogP) is 1.23. The number of aromatic nitrogens is 4. The third-order valence-electron chi connectivity index (χ3n) is 4.01. The van der Waals surface area contributed by atoms with Crippen molar-refractivity contribution in [2.24, 2.45) is 0 Å². The maximum Gasteiger partial charge on any atom is 0.270 e. The quantitative estimate of drug-likeness (QED) is 0.843. The first-order chi connectivity index (χ1) is 12.2. The molecule has 0 bridgehead atoms. The molecule has 1 aliphatic heterocycles. The molecule has 9 nitrogen and oxygen atoms in total. The molecule has 9 heteroatoms. The molecule has 2 aromatic rings. The second kappa shape index (κ2) is 8.22. The molecule has 0 atom stereocenters. The van der Waals surface area contributed by atoms with Crippen LogP contribution in [-0.2, 0) is 4.79 Å². The fraction of sp³-hybridized carbons (Fsp3) is 0.438. The van der Waals surface area contributed by atoms with Gasteiger partial charge in [0.2, 0.25) is 0 Å². The Balaban J connectivity index is 1.62. The van der Waals surface area contributed by atoms with Crippen molar-refractivity contribution in [1.29, 1.82) is 0 Å². The number of para-hydroxylation sites is 1. The molecule has 0 saturated carbocycles. The lowest BCUT2D eigenvalue weighted by Crippen LogP contribution is -2.35. The van der Waals surface area contributed by atoms with E-state index < -0.39 is 5.91 Å². The standard InChI is InChI=1S/C16H20N6O3/c23-14(22-9-5-1-2-6-10-22)11-25-13-8-4-3-7-12(13)15(24)17-16-18-20-21-19-16/h3-4,7-8H,1-2,5-6,9-11H2,(H2,17,18,19,20,21,24). The number of hydrogen-bond acceptors (Lipinski definition) is 6. The number of anilines is 1. The summed E-state index contributed by atoms with van der Waals surface area (Å²) in [5.74, 6) is -0.0818. The molecule has 0 radical (unpaired) electrons. The van der Waals surface area contributed by atoms with Gasteiger partial charge in [0.05, 0.1) is 5.56 Å². The van der Waals surface area contributed by atoms with Crippen molar-refractivity contribution < 1.29 is 14.3 Å². The van der Waals surface area contributed by atoms with Gasteiger partial charge in [-0.2, -0.15) is 5.21 Å². The van der Waals surface area contributed by atoms with Crippen LogP contribution in [0, 0.1) is 0 Å². The molecule has 2 N–H and O–H groups in total. The summed E-state index contributed by atoms with van der Waals surface area (Å²) >= 11 is 0. The fourth-order valence-corrected chi connectivity index (χ4v) is 2.71. The number of H-pyrrole nitrogens is 1. The summed E-state index contributed by atoms with van der Waals surface area (Å²) in [5, 5.41) is 15.5. The second-order valence-electron chi connectivity index (χ2n) is 5.77. The zero-order valence-corrected chi connectivity index (χ0v) is 13.8. The average Bonchev–Trinajstić information content (AvgIpc) is 2.99. The van der Waals surface area contributed by atoms with E-state index >= 15 is 0 Å². The van der Waals surface area contributed by atoms with E-state index in [9.17, 15) is 9.59 Å². The number of ether oxygens (including phenoxy) is 1. The number of aromatic amines is 1. The van der Waals surface area contributed by atoms with Crippen LogP contribution >= 0.6 is 0 Å². The van der Waals surface area contributed by atoms with Gasteiger partial charge in [0.1, 0.15) is 5.75 Å². The summed E-state index contributed by atoms with van der Waals surface area (Å²) in [6.07, 6.45) is 4.36. The number of rotatable bonds is 5. The summed E-state index contributed by atoms with van der Waals surface area (Å²) in [4.78, 5) is 26.5. The molecular weight excluding hydrogens is 324 g/mol. The Bertz CT molecular complexity index is 710.